The summed E-state index contributed by atoms with van der Waals surface area (Å²) in [5.74, 6) is 0.582. The van der Waals surface area contributed by atoms with Crippen molar-refractivity contribution in [2.75, 3.05) is 19.8 Å². The van der Waals surface area contributed by atoms with E-state index in [-0.39, 0.29) is 24.5 Å². The topological polar surface area (TPSA) is 89.7 Å². The van der Waals surface area contributed by atoms with Crippen LogP contribution >= 0.6 is 0 Å². The van der Waals surface area contributed by atoms with Crippen LogP contribution in [-0.4, -0.2) is 36.7 Å². The van der Waals surface area contributed by atoms with E-state index in [4.69, 9.17) is 14.2 Å². The van der Waals surface area contributed by atoms with Crippen LogP contribution in [0.4, 0.5) is 0 Å². The molecule has 2 aromatic carbocycles. The van der Waals surface area contributed by atoms with Crippen molar-refractivity contribution in [3.05, 3.63) is 59.8 Å². The average molecular weight is 422 g/mol. The molecule has 0 bridgehead atoms. The minimum atomic E-state index is -0.567. The number of hydrogen-bond donors (Lipinski definition) is 2. The normalized spacial score (nSPS) is 14.2. The molecule has 162 valence electrons. The molecule has 2 heterocycles. The van der Waals surface area contributed by atoms with Crippen LogP contribution in [0.5, 0.6) is 11.5 Å². The number of fused-ring (bicyclic) bond motifs is 2. The first-order valence-electron chi connectivity index (χ1n) is 10.4. The molecule has 4 rings (SSSR count). The van der Waals surface area contributed by atoms with Gasteiger partial charge in [0.2, 0.25) is 0 Å². The molecule has 1 aliphatic rings. The Morgan fingerprint density at radius 3 is 2.61 bits per heavy atom. The molecule has 31 heavy (non-hydrogen) atoms. The van der Waals surface area contributed by atoms with Gasteiger partial charge in [0.15, 0.2) is 18.1 Å². The number of H-pyrrole nitrogens is 1. The van der Waals surface area contributed by atoms with Crippen molar-refractivity contribution >= 4 is 22.8 Å². The smallest absolute Gasteiger partial charge is 0.355 e. The van der Waals surface area contributed by atoms with E-state index in [1.165, 1.54) is 0 Å². The molecule has 0 saturated heterocycles. The van der Waals surface area contributed by atoms with Gasteiger partial charge in [-0.1, -0.05) is 38.1 Å². The molecule has 0 saturated carbocycles. The van der Waals surface area contributed by atoms with Gasteiger partial charge in [-0.25, -0.2) is 4.79 Å². The van der Waals surface area contributed by atoms with E-state index >= 15 is 0 Å². The Bertz CT molecular complexity index is 1060. The SMILES string of the molecule is CC(C)[C@@H](NC(=O)COC(=O)c1cc2ccccc2[nH]1)c1ccc2c(c1)OCCCO2. The number of aromatic amines is 1. The maximum absolute atomic E-state index is 12.5. The van der Waals surface area contributed by atoms with Crippen molar-refractivity contribution in [3.63, 3.8) is 0 Å². The van der Waals surface area contributed by atoms with Gasteiger partial charge in [0.25, 0.3) is 5.91 Å². The molecule has 3 aromatic rings. The van der Waals surface area contributed by atoms with Crippen molar-refractivity contribution in [3.8, 4) is 11.5 Å². The molecule has 0 unspecified atom stereocenters. The number of ether oxygens (including phenoxy) is 3. The highest BCUT2D eigenvalue weighted by Gasteiger charge is 2.22. The molecule has 0 spiro atoms. The number of para-hydroxylation sites is 1. The second-order valence-electron chi connectivity index (χ2n) is 7.89. The molecule has 7 heteroatoms. The highest BCUT2D eigenvalue weighted by Crippen LogP contribution is 2.34. The number of carbonyl (C=O) groups is 2. The first-order chi connectivity index (χ1) is 15.0. The van der Waals surface area contributed by atoms with Crippen molar-refractivity contribution in [2.24, 2.45) is 5.92 Å². The molecule has 0 aliphatic carbocycles. The summed E-state index contributed by atoms with van der Waals surface area (Å²) in [5.41, 5.74) is 2.07. The van der Waals surface area contributed by atoms with Gasteiger partial charge in [-0.2, -0.15) is 0 Å². The maximum atomic E-state index is 12.5. The molecule has 7 nitrogen and oxygen atoms in total. The molecule has 2 N–H and O–H groups in total. The number of benzene rings is 2. The molecular formula is C24H26N2O5. The lowest BCUT2D eigenvalue weighted by Crippen LogP contribution is -2.35. The number of carbonyl (C=O) groups excluding carboxylic acids is 2. The van der Waals surface area contributed by atoms with Crippen LogP contribution in [0.1, 0.15) is 42.4 Å². The molecule has 0 radical (unpaired) electrons. The second kappa shape index (κ2) is 9.12. The summed E-state index contributed by atoms with van der Waals surface area (Å²) in [6, 6.07) is 14.7. The van der Waals surface area contributed by atoms with Gasteiger partial charge in [0.1, 0.15) is 5.69 Å². The number of aromatic nitrogens is 1. The summed E-state index contributed by atoms with van der Waals surface area (Å²) in [7, 11) is 0. The molecule has 1 aromatic heterocycles. The van der Waals surface area contributed by atoms with E-state index in [9.17, 15) is 9.59 Å². The fraction of sp³-hybridized carbons (Fsp3) is 0.333. The zero-order chi connectivity index (χ0) is 21.8. The van der Waals surface area contributed by atoms with Gasteiger partial charge >= 0.3 is 5.97 Å². The first kappa shape index (κ1) is 20.8. The van der Waals surface area contributed by atoms with Crippen LogP contribution < -0.4 is 14.8 Å². The highest BCUT2D eigenvalue weighted by atomic mass is 16.5. The highest BCUT2D eigenvalue weighted by molar-refractivity contribution is 5.95. The van der Waals surface area contributed by atoms with Gasteiger partial charge in [-0.15, -0.1) is 0 Å². The molecule has 0 fully saturated rings. The van der Waals surface area contributed by atoms with Crippen LogP contribution in [0.25, 0.3) is 10.9 Å². The lowest BCUT2D eigenvalue weighted by atomic mass is 9.95. The number of esters is 1. The average Bonchev–Trinajstić information content (AvgIpc) is 3.07. The van der Waals surface area contributed by atoms with E-state index in [2.05, 4.69) is 10.3 Å². The number of nitrogens with one attached hydrogen (secondary N) is 2. The standard InChI is InChI=1S/C24H26N2O5/c1-15(2)23(17-8-9-20-21(13-17)30-11-5-10-29-20)26-22(27)14-31-24(28)19-12-16-6-3-4-7-18(16)25-19/h3-4,6-9,12-13,15,23,25H,5,10-11,14H2,1-2H3,(H,26,27)/t23-/m1/s1. The van der Waals surface area contributed by atoms with Gasteiger partial charge < -0.3 is 24.5 Å². The lowest BCUT2D eigenvalue weighted by Gasteiger charge is -2.23. The fourth-order valence-electron chi connectivity index (χ4n) is 3.62. The van der Waals surface area contributed by atoms with E-state index in [0.717, 1.165) is 22.9 Å². The zero-order valence-corrected chi connectivity index (χ0v) is 17.6. The van der Waals surface area contributed by atoms with Gasteiger partial charge in [-0.05, 0) is 35.7 Å². The Morgan fingerprint density at radius 2 is 1.84 bits per heavy atom. The van der Waals surface area contributed by atoms with Crippen molar-refractivity contribution in [2.45, 2.75) is 26.3 Å². The predicted octanol–water partition coefficient (Wildman–Crippen LogP) is 4.00. The van der Waals surface area contributed by atoms with Crippen LogP contribution in [0.15, 0.2) is 48.5 Å². The molecular weight excluding hydrogens is 396 g/mol. The van der Waals surface area contributed by atoms with Crippen LogP contribution in [0.2, 0.25) is 0 Å². The van der Waals surface area contributed by atoms with Crippen LogP contribution in [-0.2, 0) is 9.53 Å². The number of amides is 1. The third kappa shape index (κ3) is 4.82. The van der Waals surface area contributed by atoms with Crippen molar-refractivity contribution in [1.29, 1.82) is 0 Å². The van der Waals surface area contributed by atoms with E-state index in [1.807, 2.05) is 56.3 Å². The van der Waals surface area contributed by atoms with Crippen LogP contribution in [0, 0.1) is 5.92 Å². The third-order valence-electron chi connectivity index (χ3n) is 5.20. The van der Waals surface area contributed by atoms with Gasteiger partial charge in [0, 0.05) is 17.3 Å². The maximum Gasteiger partial charge on any atom is 0.355 e. The minimum Gasteiger partial charge on any atom is -0.490 e. The Morgan fingerprint density at radius 1 is 1.06 bits per heavy atom. The Hall–Kier alpha value is -3.48. The quantitative estimate of drug-likeness (QED) is 0.586. The van der Waals surface area contributed by atoms with Gasteiger partial charge in [-0.3, -0.25) is 4.79 Å². The lowest BCUT2D eigenvalue weighted by molar-refractivity contribution is -0.125. The number of rotatable bonds is 6. The predicted molar refractivity (Wildman–Crippen MR) is 116 cm³/mol. The monoisotopic (exact) mass is 422 g/mol. The number of hydrogen-bond acceptors (Lipinski definition) is 5. The van der Waals surface area contributed by atoms with Crippen molar-refractivity contribution in [1.82, 2.24) is 10.3 Å². The summed E-state index contributed by atoms with van der Waals surface area (Å²) < 4.78 is 16.7. The van der Waals surface area contributed by atoms with Crippen LogP contribution in [0.3, 0.4) is 0 Å². The molecule has 1 atom stereocenters. The summed E-state index contributed by atoms with van der Waals surface area (Å²) in [6.07, 6.45) is 0.829. The van der Waals surface area contributed by atoms with Gasteiger partial charge in [0.05, 0.1) is 19.3 Å². The third-order valence-corrected chi connectivity index (χ3v) is 5.20. The summed E-state index contributed by atoms with van der Waals surface area (Å²) >= 11 is 0. The van der Waals surface area contributed by atoms with E-state index in [0.29, 0.717) is 30.4 Å². The Labute approximate surface area is 180 Å². The van der Waals surface area contributed by atoms with E-state index < -0.39 is 5.97 Å². The summed E-state index contributed by atoms with van der Waals surface area (Å²) in [6.45, 7) is 4.90. The van der Waals surface area contributed by atoms with Crippen molar-refractivity contribution < 1.29 is 23.8 Å². The Kier molecular flexibility index (Phi) is 6.11. The largest absolute Gasteiger partial charge is 0.490 e. The van der Waals surface area contributed by atoms with E-state index in [1.54, 1.807) is 6.07 Å². The summed E-state index contributed by atoms with van der Waals surface area (Å²) in [5, 5.41) is 3.88. The second-order valence-corrected chi connectivity index (χ2v) is 7.89. The zero-order valence-electron chi connectivity index (χ0n) is 17.6. The Balaban J connectivity index is 1.39. The minimum absolute atomic E-state index is 0.123. The molecule has 1 amide bonds. The fourth-order valence-corrected chi connectivity index (χ4v) is 3.62. The molecule has 1 aliphatic heterocycles. The first-order valence-corrected chi connectivity index (χ1v) is 10.4. The summed E-state index contributed by atoms with van der Waals surface area (Å²) in [4.78, 5) is 27.9.